The molecule has 0 aromatic heterocycles. The van der Waals surface area contributed by atoms with Gasteiger partial charge in [-0.1, -0.05) is 0 Å². The zero-order valence-corrected chi connectivity index (χ0v) is 9.77. The molecule has 0 N–H and O–H groups in total. The standard InChI is InChI=1S/C13H14N2O2/c1-17-13(16)10-4-5-12(11(8-10)9-14)15-6-2-3-7-15/h4-5,8H,2-3,6-7H2,1H3. The van der Waals surface area contributed by atoms with Crippen LogP contribution in [0.5, 0.6) is 0 Å². The normalized spacial score (nSPS) is 14.5. The highest BCUT2D eigenvalue weighted by molar-refractivity contribution is 5.90. The minimum atomic E-state index is -0.408. The van der Waals surface area contributed by atoms with Crippen LogP contribution in [0.15, 0.2) is 18.2 Å². The van der Waals surface area contributed by atoms with Gasteiger partial charge in [-0.25, -0.2) is 4.79 Å². The molecule has 0 amide bonds. The number of carbonyl (C=O) groups excluding carboxylic acids is 1. The predicted octanol–water partition coefficient (Wildman–Crippen LogP) is 1.95. The summed E-state index contributed by atoms with van der Waals surface area (Å²) in [5.41, 5.74) is 1.87. The lowest BCUT2D eigenvalue weighted by Crippen LogP contribution is -2.19. The van der Waals surface area contributed by atoms with Gasteiger partial charge in [0, 0.05) is 13.1 Å². The third-order valence-corrected chi connectivity index (χ3v) is 2.98. The van der Waals surface area contributed by atoms with E-state index in [2.05, 4.69) is 15.7 Å². The second-order valence-electron chi connectivity index (χ2n) is 4.03. The maximum absolute atomic E-state index is 11.4. The van der Waals surface area contributed by atoms with Crippen LogP contribution in [0.4, 0.5) is 5.69 Å². The summed E-state index contributed by atoms with van der Waals surface area (Å²) in [6, 6.07) is 7.28. The maximum Gasteiger partial charge on any atom is 0.337 e. The number of nitriles is 1. The van der Waals surface area contributed by atoms with Crippen molar-refractivity contribution in [2.24, 2.45) is 0 Å². The lowest BCUT2D eigenvalue weighted by molar-refractivity contribution is 0.0600. The van der Waals surface area contributed by atoms with Crippen LogP contribution in [0.2, 0.25) is 0 Å². The third kappa shape index (κ3) is 2.23. The van der Waals surface area contributed by atoms with E-state index in [0.29, 0.717) is 11.1 Å². The summed E-state index contributed by atoms with van der Waals surface area (Å²) in [5.74, 6) is -0.408. The molecule has 0 saturated carbocycles. The lowest BCUT2D eigenvalue weighted by Gasteiger charge is -2.19. The Bertz CT molecular complexity index is 471. The van der Waals surface area contributed by atoms with E-state index in [1.165, 1.54) is 7.11 Å². The van der Waals surface area contributed by atoms with E-state index in [-0.39, 0.29) is 0 Å². The Hall–Kier alpha value is -2.02. The van der Waals surface area contributed by atoms with Crippen LogP contribution in [-0.2, 0) is 4.74 Å². The molecule has 0 radical (unpaired) electrons. The highest BCUT2D eigenvalue weighted by Crippen LogP contribution is 2.25. The number of carbonyl (C=O) groups is 1. The molecule has 88 valence electrons. The van der Waals surface area contributed by atoms with Gasteiger partial charge in [-0.05, 0) is 31.0 Å². The number of hydrogen-bond donors (Lipinski definition) is 0. The highest BCUT2D eigenvalue weighted by atomic mass is 16.5. The maximum atomic E-state index is 11.4. The number of esters is 1. The van der Waals surface area contributed by atoms with Crippen LogP contribution in [0.1, 0.15) is 28.8 Å². The largest absolute Gasteiger partial charge is 0.465 e. The summed E-state index contributed by atoms with van der Waals surface area (Å²) >= 11 is 0. The number of ether oxygens (including phenoxy) is 1. The van der Waals surface area contributed by atoms with E-state index >= 15 is 0 Å². The van der Waals surface area contributed by atoms with Gasteiger partial charge >= 0.3 is 5.97 Å². The molecule has 1 aliphatic heterocycles. The van der Waals surface area contributed by atoms with Crippen molar-refractivity contribution in [1.29, 1.82) is 5.26 Å². The minimum Gasteiger partial charge on any atom is -0.465 e. The molecule has 0 bridgehead atoms. The summed E-state index contributed by atoms with van der Waals surface area (Å²) in [4.78, 5) is 13.5. The van der Waals surface area contributed by atoms with Crippen molar-refractivity contribution in [2.45, 2.75) is 12.8 Å². The topological polar surface area (TPSA) is 53.3 Å². The van der Waals surface area contributed by atoms with Crippen LogP contribution in [-0.4, -0.2) is 26.2 Å². The Labute approximate surface area is 100 Å². The quantitative estimate of drug-likeness (QED) is 0.729. The van der Waals surface area contributed by atoms with Crippen molar-refractivity contribution < 1.29 is 9.53 Å². The number of benzene rings is 1. The summed E-state index contributed by atoms with van der Waals surface area (Å²) in [7, 11) is 1.34. The molecule has 0 unspecified atom stereocenters. The first kappa shape index (κ1) is 11.5. The van der Waals surface area contributed by atoms with Crippen molar-refractivity contribution in [3.05, 3.63) is 29.3 Å². The number of methoxy groups -OCH3 is 1. The fourth-order valence-electron chi connectivity index (χ4n) is 2.10. The van der Waals surface area contributed by atoms with Gasteiger partial charge in [-0.15, -0.1) is 0 Å². The summed E-state index contributed by atoms with van der Waals surface area (Å²) in [6.45, 7) is 1.96. The molecule has 4 nitrogen and oxygen atoms in total. The molecule has 1 saturated heterocycles. The lowest BCUT2D eigenvalue weighted by atomic mass is 10.1. The number of nitrogens with zero attached hydrogens (tertiary/aromatic N) is 2. The number of anilines is 1. The van der Waals surface area contributed by atoms with Gasteiger partial charge in [0.1, 0.15) is 6.07 Å². The molecule has 2 rings (SSSR count). The zero-order valence-electron chi connectivity index (χ0n) is 9.77. The van der Waals surface area contributed by atoms with Crippen molar-refractivity contribution in [2.75, 3.05) is 25.1 Å². The Morgan fingerprint density at radius 3 is 2.71 bits per heavy atom. The first-order valence-electron chi connectivity index (χ1n) is 5.63. The molecule has 0 aliphatic carbocycles. The van der Waals surface area contributed by atoms with Crippen LogP contribution in [0.25, 0.3) is 0 Å². The van der Waals surface area contributed by atoms with Crippen molar-refractivity contribution >= 4 is 11.7 Å². The van der Waals surface area contributed by atoms with E-state index in [1.54, 1.807) is 12.1 Å². The predicted molar refractivity (Wildman–Crippen MR) is 63.9 cm³/mol. The molecule has 4 heteroatoms. The Morgan fingerprint density at radius 2 is 2.12 bits per heavy atom. The fourth-order valence-corrected chi connectivity index (χ4v) is 2.10. The van der Waals surface area contributed by atoms with E-state index in [1.807, 2.05) is 6.07 Å². The van der Waals surface area contributed by atoms with Crippen molar-refractivity contribution in [1.82, 2.24) is 0 Å². The first-order valence-corrected chi connectivity index (χ1v) is 5.63. The molecule has 1 fully saturated rings. The van der Waals surface area contributed by atoms with Crippen LogP contribution >= 0.6 is 0 Å². The summed E-state index contributed by atoms with van der Waals surface area (Å²) in [5, 5.41) is 9.13. The highest BCUT2D eigenvalue weighted by Gasteiger charge is 2.17. The van der Waals surface area contributed by atoms with Crippen molar-refractivity contribution in [3.63, 3.8) is 0 Å². The molecule has 1 aliphatic rings. The first-order chi connectivity index (χ1) is 8.26. The molecule has 1 aromatic rings. The number of rotatable bonds is 2. The van der Waals surface area contributed by atoms with E-state index < -0.39 is 5.97 Å². The van der Waals surface area contributed by atoms with Crippen LogP contribution in [0, 0.1) is 11.3 Å². The molecule has 0 atom stereocenters. The van der Waals surface area contributed by atoms with Gasteiger partial charge in [-0.2, -0.15) is 5.26 Å². The van der Waals surface area contributed by atoms with Crippen LogP contribution < -0.4 is 4.90 Å². The Morgan fingerprint density at radius 1 is 1.41 bits per heavy atom. The summed E-state index contributed by atoms with van der Waals surface area (Å²) in [6.07, 6.45) is 2.31. The minimum absolute atomic E-state index is 0.408. The van der Waals surface area contributed by atoms with Crippen LogP contribution in [0.3, 0.4) is 0 Å². The molecule has 17 heavy (non-hydrogen) atoms. The molecular weight excluding hydrogens is 216 g/mol. The van der Waals surface area contributed by atoms with Gasteiger partial charge in [0.25, 0.3) is 0 Å². The average Bonchev–Trinajstić information content (AvgIpc) is 2.90. The van der Waals surface area contributed by atoms with E-state index in [4.69, 9.17) is 5.26 Å². The van der Waals surface area contributed by atoms with E-state index in [9.17, 15) is 4.79 Å². The average molecular weight is 230 g/mol. The van der Waals surface area contributed by atoms with Crippen molar-refractivity contribution in [3.8, 4) is 6.07 Å². The third-order valence-electron chi connectivity index (χ3n) is 2.98. The van der Waals surface area contributed by atoms with Gasteiger partial charge in [0.15, 0.2) is 0 Å². The molecule has 1 heterocycles. The molecule has 0 spiro atoms. The summed E-state index contributed by atoms with van der Waals surface area (Å²) < 4.78 is 4.64. The second kappa shape index (κ2) is 4.88. The van der Waals surface area contributed by atoms with Gasteiger partial charge in [-0.3, -0.25) is 0 Å². The Balaban J connectivity index is 2.35. The second-order valence-corrected chi connectivity index (χ2v) is 4.03. The Kier molecular flexibility index (Phi) is 3.29. The smallest absolute Gasteiger partial charge is 0.337 e. The zero-order chi connectivity index (χ0) is 12.3. The molecule has 1 aromatic carbocycles. The SMILES string of the molecule is COC(=O)c1ccc(N2CCCC2)c(C#N)c1. The monoisotopic (exact) mass is 230 g/mol. The van der Waals surface area contributed by atoms with E-state index in [0.717, 1.165) is 31.6 Å². The number of hydrogen-bond acceptors (Lipinski definition) is 4. The van der Waals surface area contributed by atoms with Gasteiger partial charge in [0.05, 0.1) is 23.9 Å². The van der Waals surface area contributed by atoms with Gasteiger partial charge in [0.2, 0.25) is 0 Å². The molecular formula is C13H14N2O2. The fraction of sp³-hybridized carbons (Fsp3) is 0.385. The van der Waals surface area contributed by atoms with Gasteiger partial charge < -0.3 is 9.64 Å².